The third kappa shape index (κ3) is 3.63. The molecule has 1 N–H and O–H groups in total. The molecule has 1 fully saturated rings. The number of alkyl halides is 2. The Balaban J connectivity index is 1.41. The van der Waals surface area contributed by atoms with Crippen LogP contribution in [0.4, 0.5) is 13.2 Å². The van der Waals surface area contributed by atoms with Crippen LogP contribution in [0.1, 0.15) is 25.0 Å². The minimum Gasteiger partial charge on any atom is -0.496 e. The van der Waals surface area contributed by atoms with Gasteiger partial charge in [-0.25, -0.2) is 18.2 Å². The quantitative estimate of drug-likeness (QED) is 0.617. The van der Waals surface area contributed by atoms with Gasteiger partial charge in [0.2, 0.25) is 5.91 Å². The van der Waals surface area contributed by atoms with E-state index in [1.165, 1.54) is 17.0 Å². The Hall–Kier alpha value is -3.29. The second kappa shape index (κ2) is 7.69. The van der Waals surface area contributed by atoms with E-state index in [1.54, 1.807) is 19.4 Å². The van der Waals surface area contributed by atoms with Gasteiger partial charge in [0.15, 0.2) is 0 Å². The van der Waals surface area contributed by atoms with Gasteiger partial charge in [-0.15, -0.1) is 0 Å². The fourth-order valence-electron chi connectivity index (χ4n) is 4.55. The third-order valence-corrected chi connectivity index (χ3v) is 6.25. The standard InChI is InChI=1S/C24H22F3N3O2/c1-32-21-7-6-16(25)10-18(21)17-8-9-28-22-19(17)11-20(29-22)14-2-4-15(5-3-14)23(31)30-12-24(26,27)13-30/h2,6-11,15H,3-5,12-13H2,1H3,(H,28,29). The molecule has 5 rings (SSSR count). The zero-order chi connectivity index (χ0) is 22.5. The first-order chi connectivity index (χ1) is 15.3. The van der Waals surface area contributed by atoms with Crippen molar-refractivity contribution in [2.45, 2.75) is 25.2 Å². The molecule has 2 aliphatic rings. The zero-order valence-corrected chi connectivity index (χ0v) is 17.5. The zero-order valence-electron chi connectivity index (χ0n) is 17.5. The molecule has 8 heteroatoms. The smallest absolute Gasteiger partial charge is 0.282 e. The lowest BCUT2D eigenvalue weighted by Crippen LogP contribution is -2.59. The van der Waals surface area contributed by atoms with Crippen LogP contribution >= 0.6 is 0 Å². The number of fused-ring (bicyclic) bond motifs is 1. The van der Waals surface area contributed by atoms with Gasteiger partial charge >= 0.3 is 0 Å². The molecule has 1 unspecified atom stereocenters. The number of nitrogens with zero attached hydrogens (tertiary/aromatic N) is 2. The molecular weight excluding hydrogens is 419 g/mol. The lowest BCUT2D eigenvalue weighted by molar-refractivity contribution is -0.169. The first kappa shape index (κ1) is 20.6. The Morgan fingerprint density at radius 1 is 1.22 bits per heavy atom. The SMILES string of the molecule is COc1ccc(F)cc1-c1ccnc2[nH]c(C3=CCC(C(=O)N4CC(F)(F)C4)CC3)cc12. The number of amides is 1. The number of likely N-dealkylation sites (tertiary alicyclic amines) is 1. The van der Waals surface area contributed by atoms with Crippen molar-refractivity contribution in [3.05, 3.63) is 54.1 Å². The molecule has 1 aliphatic carbocycles. The summed E-state index contributed by atoms with van der Waals surface area (Å²) in [6.45, 7) is -0.947. The minimum atomic E-state index is -2.75. The van der Waals surface area contributed by atoms with Crippen LogP contribution in [0, 0.1) is 11.7 Å². The molecule has 3 aromatic rings. The maximum atomic E-state index is 13.9. The summed E-state index contributed by atoms with van der Waals surface area (Å²) in [5.74, 6) is -2.98. The number of rotatable bonds is 4. The molecule has 166 valence electrons. The van der Waals surface area contributed by atoms with Crippen LogP contribution in [0.2, 0.25) is 0 Å². The molecule has 2 aromatic heterocycles. The molecule has 0 spiro atoms. The van der Waals surface area contributed by atoms with Crippen molar-refractivity contribution < 1.29 is 22.7 Å². The van der Waals surface area contributed by atoms with Crippen LogP contribution in [-0.4, -0.2) is 46.9 Å². The van der Waals surface area contributed by atoms with Crippen molar-refractivity contribution in [3.63, 3.8) is 0 Å². The van der Waals surface area contributed by atoms with E-state index in [-0.39, 0.29) is 17.6 Å². The number of carbonyl (C=O) groups is 1. The number of ether oxygens (including phenoxy) is 1. The molecule has 1 aromatic carbocycles. The van der Waals surface area contributed by atoms with Gasteiger partial charge in [-0.2, -0.15) is 0 Å². The van der Waals surface area contributed by atoms with Crippen LogP contribution in [0.5, 0.6) is 5.75 Å². The second-order valence-corrected chi connectivity index (χ2v) is 8.40. The van der Waals surface area contributed by atoms with E-state index in [2.05, 4.69) is 9.97 Å². The lowest BCUT2D eigenvalue weighted by atomic mass is 9.86. The number of hydrogen-bond acceptors (Lipinski definition) is 3. The van der Waals surface area contributed by atoms with Crippen LogP contribution in [-0.2, 0) is 4.79 Å². The molecule has 1 atom stereocenters. The lowest BCUT2D eigenvalue weighted by Gasteiger charge is -2.40. The topological polar surface area (TPSA) is 58.2 Å². The molecule has 1 amide bonds. The molecule has 3 heterocycles. The van der Waals surface area contributed by atoms with E-state index in [0.29, 0.717) is 36.2 Å². The molecule has 1 aliphatic heterocycles. The van der Waals surface area contributed by atoms with E-state index >= 15 is 0 Å². The fraction of sp³-hybridized carbons (Fsp3) is 0.333. The Morgan fingerprint density at radius 3 is 2.72 bits per heavy atom. The van der Waals surface area contributed by atoms with Crippen molar-refractivity contribution in [1.82, 2.24) is 14.9 Å². The first-order valence-corrected chi connectivity index (χ1v) is 10.5. The number of H-pyrrole nitrogens is 1. The highest BCUT2D eigenvalue weighted by molar-refractivity contribution is 5.96. The van der Waals surface area contributed by atoms with Gasteiger partial charge in [-0.1, -0.05) is 6.08 Å². The van der Waals surface area contributed by atoms with Gasteiger partial charge in [0.1, 0.15) is 17.2 Å². The Labute approximate surface area is 182 Å². The Morgan fingerprint density at radius 2 is 2.03 bits per heavy atom. The number of aromatic nitrogens is 2. The van der Waals surface area contributed by atoms with Crippen LogP contribution < -0.4 is 4.74 Å². The summed E-state index contributed by atoms with van der Waals surface area (Å²) < 4.78 is 45.5. The average molecular weight is 441 g/mol. The molecule has 5 nitrogen and oxygen atoms in total. The van der Waals surface area contributed by atoms with Crippen molar-refractivity contribution >= 4 is 22.5 Å². The minimum absolute atomic E-state index is 0.190. The van der Waals surface area contributed by atoms with E-state index in [0.717, 1.165) is 22.2 Å². The summed E-state index contributed by atoms with van der Waals surface area (Å²) in [7, 11) is 1.55. The monoisotopic (exact) mass is 441 g/mol. The van der Waals surface area contributed by atoms with Crippen molar-refractivity contribution in [2.24, 2.45) is 5.92 Å². The number of carbonyl (C=O) groups excluding carboxylic acids is 1. The second-order valence-electron chi connectivity index (χ2n) is 8.40. The average Bonchev–Trinajstić information content (AvgIpc) is 3.21. The van der Waals surface area contributed by atoms with Crippen LogP contribution in [0.25, 0.3) is 27.7 Å². The molecular formula is C24H22F3N3O2. The van der Waals surface area contributed by atoms with Gasteiger partial charge in [0.05, 0.1) is 20.2 Å². The normalized spacial score (nSPS) is 20.1. The van der Waals surface area contributed by atoms with Gasteiger partial charge in [-0.3, -0.25) is 4.79 Å². The van der Waals surface area contributed by atoms with E-state index in [9.17, 15) is 18.0 Å². The number of aromatic amines is 1. The van der Waals surface area contributed by atoms with Gasteiger partial charge in [-0.05, 0) is 60.7 Å². The number of nitrogens with one attached hydrogen (secondary N) is 1. The number of pyridine rings is 1. The summed E-state index contributed by atoms with van der Waals surface area (Å²) >= 11 is 0. The van der Waals surface area contributed by atoms with Crippen molar-refractivity contribution in [1.29, 1.82) is 0 Å². The molecule has 0 saturated carbocycles. The predicted molar refractivity (Wildman–Crippen MR) is 115 cm³/mol. The molecule has 1 saturated heterocycles. The number of halogens is 3. The highest BCUT2D eigenvalue weighted by atomic mass is 19.3. The number of hydrogen-bond donors (Lipinski definition) is 1. The maximum absolute atomic E-state index is 13.9. The van der Waals surface area contributed by atoms with Gasteiger partial charge < -0.3 is 14.6 Å². The van der Waals surface area contributed by atoms with E-state index < -0.39 is 19.0 Å². The maximum Gasteiger partial charge on any atom is 0.282 e. The Bertz CT molecular complexity index is 1230. The first-order valence-electron chi connectivity index (χ1n) is 10.5. The van der Waals surface area contributed by atoms with Crippen molar-refractivity contribution in [3.8, 4) is 16.9 Å². The highest BCUT2D eigenvalue weighted by Crippen LogP contribution is 2.38. The van der Waals surface area contributed by atoms with Gasteiger partial charge in [0.25, 0.3) is 5.92 Å². The molecule has 0 radical (unpaired) electrons. The molecule has 32 heavy (non-hydrogen) atoms. The van der Waals surface area contributed by atoms with Crippen molar-refractivity contribution in [2.75, 3.05) is 20.2 Å². The van der Waals surface area contributed by atoms with Crippen LogP contribution in [0.3, 0.4) is 0 Å². The largest absolute Gasteiger partial charge is 0.496 e. The predicted octanol–water partition coefficient (Wildman–Crippen LogP) is 5.04. The summed E-state index contributed by atoms with van der Waals surface area (Å²) in [5.41, 5.74) is 4.05. The van der Waals surface area contributed by atoms with Crippen LogP contribution in [0.15, 0.2) is 42.6 Å². The Kier molecular flexibility index (Phi) is 4.95. The van der Waals surface area contributed by atoms with E-state index in [4.69, 9.17) is 4.74 Å². The number of allylic oxidation sites excluding steroid dienone is 2. The highest BCUT2D eigenvalue weighted by Gasteiger charge is 2.47. The van der Waals surface area contributed by atoms with E-state index in [1.807, 2.05) is 18.2 Å². The third-order valence-electron chi connectivity index (χ3n) is 6.25. The number of benzene rings is 1. The number of methoxy groups -OCH3 is 1. The molecule has 0 bridgehead atoms. The summed E-state index contributed by atoms with van der Waals surface area (Å²) in [6.07, 6.45) is 5.45. The summed E-state index contributed by atoms with van der Waals surface area (Å²) in [4.78, 5) is 21.4. The van der Waals surface area contributed by atoms with Gasteiger partial charge in [0, 0.05) is 28.8 Å². The summed E-state index contributed by atoms with van der Waals surface area (Å²) in [5, 5.41) is 0.841. The fourth-order valence-corrected chi connectivity index (χ4v) is 4.55. The summed E-state index contributed by atoms with van der Waals surface area (Å²) in [6, 6.07) is 8.19.